The van der Waals surface area contributed by atoms with Crippen molar-refractivity contribution in [1.29, 1.82) is 0 Å². The molecule has 0 aliphatic heterocycles. The van der Waals surface area contributed by atoms with Crippen molar-refractivity contribution in [3.8, 4) is 5.88 Å². The summed E-state index contributed by atoms with van der Waals surface area (Å²) >= 11 is 0. The molecule has 6 nitrogen and oxygen atoms in total. The zero-order chi connectivity index (χ0) is 25.4. The molecule has 1 aliphatic rings. The number of hydrogen-bond donors (Lipinski definition) is 1. The molecule has 1 saturated carbocycles. The summed E-state index contributed by atoms with van der Waals surface area (Å²) in [6.45, 7) is 11.5. The standard InChI is InChI=1S/C29H41N5O/c1-8-10-11-12-13-23(21(5)22-14-15-22)25-18-26(29(24(9-2)32-25)34(6)20(3)4)31-19-27-30-17-16-28(33-27)35-7/h10-13,16-18,20,22H,8-9,14-15,19H2,1-7H3,(H,31,32)/b11-10+,13-12-,23-21-. The zero-order valence-electron chi connectivity index (χ0n) is 22.4. The van der Waals surface area contributed by atoms with Crippen molar-refractivity contribution in [2.24, 2.45) is 5.92 Å². The summed E-state index contributed by atoms with van der Waals surface area (Å²) in [4.78, 5) is 16.4. The molecule has 0 radical (unpaired) electrons. The Labute approximate surface area is 211 Å². The molecule has 1 N–H and O–H groups in total. The lowest BCUT2D eigenvalue weighted by molar-refractivity contribution is 0.395. The second-order valence-electron chi connectivity index (χ2n) is 9.34. The van der Waals surface area contributed by atoms with Crippen molar-refractivity contribution in [3.05, 3.63) is 65.4 Å². The first-order valence-electron chi connectivity index (χ1n) is 12.8. The Kier molecular flexibility index (Phi) is 9.47. The first-order valence-corrected chi connectivity index (χ1v) is 12.8. The van der Waals surface area contributed by atoms with Crippen LogP contribution >= 0.6 is 0 Å². The Balaban J connectivity index is 2.08. The lowest BCUT2D eigenvalue weighted by atomic mass is 9.99. The molecule has 0 amide bonds. The van der Waals surface area contributed by atoms with E-state index in [9.17, 15) is 0 Å². The van der Waals surface area contributed by atoms with Gasteiger partial charge in [0.1, 0.15) is 0 Å². The molecule has 2 heterocycles. The summed E-state index contributed by atoms with van der Waals surface area (Å²) in [6.07, 6.45) is 14.8. The van der Waals surface area contributed by atoms with Crippen LogP contribution < -0.4 is 15.0 Å². The first kappa shape index (κ1) is 26.5. The van der Waals surface area contributed by atoms with Gasteiger partial charge < -0.3 is 15.0 Å². The van der Waals surface area contributed by atoms with Crippen LogP contribution in [0.3, 0.4) is 0 Å². The van der Waals surface area contributed by atoms with Crippen molar-refractivity contribution in [2.75, 3.05) is 24.4 Å². The smallest absolute Gasteiger partial charge is 0.216 e. The maximum absolute atomic E-state index is 5.28. The summed E-state index contributed by atoms with van der Waals surface area (Å²) in [5, 5.41) is 3.62. The molecule has 0 atom stereocenters. The van der Waals surface area contributed by atoms with Crippen LogP contribution in [0.15, 0.2) is 48.2 Å². The summed E-state index contributed by atoms with van der Waals surface area (Å²) in [5.41, 5.74) is 6.93. The highest BCUT2D eigenvalue weighted by Gasteiger charge is 2.26. The average Bonchev–Trinajstić information content (AvgIpc) is 3.72. The Morgan fingerprint density at radius 1 is 1.23 bits per heavy atom. The van der Waals surface area contributed by atoms with Gasteiger partial charge in [-0.1, -0.05) is 43.7 Å². The van der Waals surface area contributed by atoms with E-state index in [1.807, 2.05) is 0 Å². The number of aryl methyl sites for hydroxylation is 1. The van der Waals surface area contributed by atoms with Crippen LogP contribution in [0, 0.1) is 5.92 Å². The largest absolute Gasteiger partial charge is 0.481 e. The highest BCUT2D eigenvalue weighted by atomic mass is 16.5. The number of anilines is 2. The summed E-state index contributed by atoms with van der Waals surface area (Å²) < 4.78 is 5.28. The van der Waals surface area contributed by atoms with Gasteiger partial charge in [-0.25, -0.2) is 4.98 Å². The van der Waals surface area contributed by atoms with E-state index in [1.54, 1.807) is 19.4 Å². The molecule has 2 aromatic heterocycles. The molecular formula is C29H41N5O. The lowest BCUT2D eigenvalue weighted by Crippen LogP contribution is -2.28. The van der Waals surface area contributed by atoms with Crippen LogP contribution in [0.4, 0.5) is 11.4 Å². The molecule has 1 aliphatic carbocycles. The van der Waals surface area contributed by atoms with Crippen LogP contribution in [0.25, 0.3) is 5.57 Å². The number of hydrogen-bond acceptors (Lipinski definition) is 6. The lowest BCUT2D eigenvalue weighted by Gasteiger charge is -2.29. The maximum atomic E-state index is 5.28. The topological polar surface area (TPSA) is 63.2 Å². The molecule has 0 saturated heterocycles. The summed E-state index contributed by atoms with van der Waals surface area (Å²) in [5.74, 6) is 1.92. The molecule has 0 unspecified atom stereocenters. The highest BCUT2D eigenvalue weighted by Crippen LogP contribution is 2.41. The van der Waals surface area contributed by atoms with Crippen molar-refractivity contribution in [2.45, 2.75) is 72.9 Å². The summed E-state index contributed by atoms with van der Waals surface area (Å²) in [6, 6.07) is 4.30. The minimum Gasteiger partial charge on any atom is -0.481 e. The van der Waals surface area contributed by atoms with Gasteiger partial charge in [0.2, 0.25) is 5.88 Å². The number of methoxy groups -OCH3 is 1. The van der Waals surface area contributed by atoms with Gasteiger partial charge >= 0.3 is 0 Å². The molecule has 0 bridgehead atoms. The van der Waals surface area contributed by atoms with Gasteiger partial charge in [-0.15, -0.1) is 0 Å². The second kappa shape index (κ2) is 12.5. The van der Waals surface area contributed by atoms with Crippen LogP contribution in [-0.4, -0.2) is 35.2 Å². The van der Waals surface area contributed by atoms with Crippen molar-refractivity contribution in [3.63, 3.8) is 0 Å². The second-order valence-corrected chi connectivity index (χ2v) is 9.34. The van der Waals surface area contributed by atoms with Crippen LogP contribution in [0.2, 0.25) is 0 Å². The molecular weight excluding hydrogens is 434 g/mol. The van der Waals surface area contributed by atoms with Gasteiger partial charge in [-0.05, 0) is 64.0 Å². The molecule has 35 heavy (non-hydrogen) atoms. The van der Waals surface area contributed by atoms with E-state index < -0.39 is 0 Å². The predicted octanol–water partition coefficient (Wildman–Crippen LogP) is 6.61. The van der Waals surface area contributed by atoms with Crippen LogP contribution in [0.1, 0.15) is 71.1 Å². The third-order valence-corrected chi connectivity index (χ3v) is 6.49. The normalized spacial score (nSPS) is 14.6. The van der Waals surface area contributed by atoms with Crippen molar-refractivity contribution >= 4 is 16.9 Å². The molecule has 2 aromatic rings. The van der Waals surface area contributed by atoms with E-state index in [0.29, 0.717) is 30.2 Å². The van der Waals surface area contributed by atoms with Gasteiger partial charge in [-0.2, -0.15) is 4.98 Å². The minimum absolute atomic E-state index is 0.337. The third kappa shape index (κ3) is 6.93. The predicted molar refractivity (Wildman–Crippen MR) is 147 cm³/mol. The number of nitrogens with one attached hydrogen (secondary N) is 1. The highest BCUT2D eigenvalue weighted by molar-refractivity contribution is 5.82. The maximum Gasteiger partial charge on any atom is 0.216 e. The number of nitrogens with zero attached hydrogens (tertiary/aromatic N) is 4. The Morgan fingerprint density at radius 3 is 2.63 bits per heavy atom. The number of pyridine rings is 1. The van der Waals surface area contributed by atoms with Gasteiger partial charge in [0.05, 0.1) is 36.4 Å². The van der Waals surface area contributed by atoms with E-state index in [1.165, 1.54) is 24.0 Å². The molecule has 0 spiro atoms. The van der Waals surface area contributed by atoms with Crippen LogP contribution in [-0.2, 0) is 13.0 Å². The van der Waals surface area contributed by atoms with Crippen molar-refractivity contribution < 1.29 is 4.74 Å². The number of rotatable bonds is 12. The molecule has 0 aromatic carbocycles. The Hall–Kier alpha value is -3.15. The Morgan fingerprint density at radius 2 is 2.00 bits per heavy atom. The van der Waals surface area contributed by atoms with Gasteiger partial charge in [0, 0.05) is 25.4 Å². The first-order chi connectivity index (χ1) is 16.9. The van der Waals surface area contributed by atoms with Crippen LogP contribution in [0.5, 0.6) is 5.88 Å². The SMILES string of the molecule is CC/C=C/C=C\C(=C(/C)C1CC1)c1cc(NCc2nccc(OC)n2)c(N(C)C(C)C)c(CC)n1. The van der Waals surface area contributed by atoms with E-state index in [0.717, 1.165) is 35.6 Å². The van der Waals surface area contributed by atoms with Gasteiger partial charge in [-0.3, -0.25) is 4.98 Å². The molecule has 3 rings (SSSR count). The number of aromatic nitrogens is 3. The fourth-order valence-corrected chi connectivity index (χ4v) is 4.04. The van der Waals surface area contributed by atoms with Crippen molar-refractivity contribution in [1.82, 2.24) is 15.0 Å². The van der Waals surface area contributed by atoms with Gasteiger partial charge in [0.15, 0.2) is 5.82 Å². The fourth-order valence-electron chi connectivity index (χ4n) is 4.04. The zero-order valence-corrected chi connectivity index (χ0v) is 22.4. The molecule has 1 fully saturated rings. The molecule has 6 heteroatoms. The summed E-state index contributed by atoms with van der Waals surface area (Å²) in [7, 11) is 3.76. The van der Waals surface area contributed by atoms with E-state index >= 15 is 0 Å². The van der Waals surface area contributed by atoms with Gasteiger partial charge in [0.25, 0.3) is 0 Å². The quantitative estimate of drug-likeness (QED) is 0.349. The Bertz CT molecular complexity index is 1080. The van der Waals surface area contributed by atoms with E-state index in [-0.39, 0.29) is 0 Å². The number of ether oxygens (including phenoxy) is 1. The van der Waals surface area contributed by atoms with E-state index in [2.05, 4.69) is 92.2 Å². The average molecular weight is 476 g/mol. The number of allylic oxidation sites excluding steroid dienone is 6. The monoisotopic (exact) mass is 475 g/mol. The molecule has 188 valence electrons. The van der Waals surface area contributed by atoms with E-state index in [4.69, 9.17) is 9.72 Å². The fraction of sp³-hybridized carbons (Fsp3) is 0.483. The minimum atomic E-state index is 0.337. The third-order valence-electron chi connectivity index (χ3n) is 6.49.